The maximum absolute atomic E-state index is 16.8. The van der Waals surface area contributed by atoms with Crippen LogP contribution in [-0.2, 0) is 19.3 Å². The van der Waals surface area contributed by atoms with Crippen LogP contribution in [0.5, 0.6) is 11.5 Å². The maximum Gasteiger partial charge on any atom is 0.339 e. The van der Waals surface area contributed by atoms with Crippen molar-refractivity contribution < 1.29 is 27.8 Å². The first kappa shape index (κ1) is 29.7. The molecule has 238 valence electrons. The summed E-state index contributed by atoms with van der Waals surface area (Å²) in [6.45, 7) is 9.19. The molecule has 0 spiro atoms. The molecule has 1 N–H and O–H groups in total. The molecule has 9 heteroatoms. The van der Waals surface area contributed by atoms with Crippen LogP contribution in [0, 0.1) is 17.5 Å². The minimum Gasteiger partial charge on any atom is -0.478 e. The minimum absolute atomic E-state index is 0.237. The lowest BCUT2D eigenvalue weighted by Crippen LogP contribution is -2.48. The summed E-state index contributed by atoms with van der Waals surface area (Å²) in [7, 11) is 0. The Hall–Kier alpha value is -3.72. The second-order valence-electron chi connectivity index (χ2n) is 13.7. The van der Waals surface area contributed by atoms with Gasteiger partial charge in [-0.2, -0.15) is 0 Å². The number of aryl methyl sites for hydroxylation is 1. The van der Waals surface area contributed by atoms with Crippen molar-refractivity contribution in [3.63, 3.8) is 0 Å². The Kier molecular flexibility index (Phi) is 6.70. The fraction of sp³-hybridized carbons (Fsp3) is 0.405. The van der Waals surface area contributed by atoms with Crippen LogP contribution in [-0.4, -0.2) is 42.5 Å². The van der Waals surface area contributed by atoms with Crippen LogP contribution < -0.4 is 24.8 Å². The van der Waals surface area contributed by atoms with Gasteiger partial charge in [0, 0.05) is 58.0 Å². The second kappa shape index (κ2) is 10.4. The number of thioether (sulfide) groups is 1. The highest BCUT2D eigenvalue weighted by Gasteiger charge is 2.41. The van der Waals surface area contributed by atoms with Crippen molar-refractivity contribution in [3.05, 3.63) is 85.2 Å². The molecule has 0 aromatic heterocycles. The van der Waals surface area contributed by atoms with E-state index in [1.807, 2.05) is 12.1 Å². The van der Waals surface area contributed by atoms with Gasteiger partial charge in [0.05, 0.1) is 21.7 Å². The van der Waals surface area contributed by atoms with Gasteiger partial charge < -0.3 is 14.7 Å². The molecule has 0 fully saturated rings. The minimum atomic E-state index is -1.72. The molecule has 3 aromatic rings. The number of hydrogen-bond donors (Lipinski definition) is 1. The molecule has 0 amide bonds. The van der Waals surface area contributed by atoms with Gasteiger partial charge in [-0.05, 0) is 76.8 Å². The van der Waals surface area contributed by atoms with Crippen molar-refractivity contribution in [3.8, 4) is 11.5 Å². The van der Waals surface area contributed by atoms with E-state index in [0.717, 1.165) is 115 Å². The zero-order valence-electron chi connectivity index (χ0n) is 26.5. The molecule has 0 atom stereocenters. The van der Waals surface area contributed by atoms with Crippen molar-refractivity contribution in [1.29, 1.82) is 0 Å². The van der Waals surface area contributed by atoms with E-state index in [4.69, 9.17) is 4.74 Å². The van der Waals surface area contributed by atoms with Gasteiger partial charge in [-0.15, -0.1) is 11.8 Å². The van der Waals surface area contributed by atoms with Gasteiger partial charge in [-0.3, -0.25) is 0 Å². The summed E-state index contributed by atoms with van der Waals surface area (Å²) in [5.74, 6) is -4.68. The molecule has 0 saturated heterocycles. The average Bonchev–Trinajstić information content (AvgIpc) is 3.23. The molecule has 0 unspecified atom stereocenters. The molecule has 5 aliphatic heterocycles. The molecule has 8 rings (SSSR count). The maximum atomic E-state index is 16.8. The Bertz CT molecular complexity index is 2080. The van der Waals surface area contributed by atoms with Crippen LogP contribution in [0.15, 0.2) is 23.1 Å². The first-order valence-corrected chi connectivity index (χ1v) is 17.4. The number of anilines is 1. The quantitative estimate of drug-likeness (QED) is 0.155. The highest BCUT2D eigenvalue weighted by molar-refractivity contribution is 7.98. The molecule has 3 aromatic carbocycles. The third-order valence-corrected chi connectivity index (χ3v) is 11.3. The molecule has 5 heterocycles. The zero-order valence-corrected chi connectivity index (χ0v) is 27.3. The van der Waals surface area contributed by atoms with Crippen LogP contribution in [0.2, 0.25) is 0 Å². The Morgan fingerprint density at radius 1 is 0.957 bits per heavy atom. The summed E-state index contributed by atoms with van der Waals surface area (Å²) >= 11 is 0.730. The molecule has 0 saturated carbocycles. The van der Waals surface area contributed by atoms with E-state index in [2.05, 4.69) is 36.3 Å². The molecule has 5 aliphatic rings. The number of ether oxygens (including phenoxy) is 1. The topological polar surface area (TPSA) is 52.8 Å². The molecular weight excluding hydrogens is 609 g/mol. The standard InChI is InChI=1S/C37H35F3N2O3S/c1-18-17-37(2,3)42-14-8-11-21-32(42)22(18)16-24-25(26-27(36(43)44)28(38)30(40)35(46-4)29(26)39)23-15-19-9-5-6-12-41-13-7-10-20(31(19)41)33(23)45-34(21)24/h15-17H,5-14H2,1-4H3/p+1. The predicted octanol–water partition coefficient (Wildman–Crippen LogP) is 6.60. The number of allylic oxidation sites excluding steroid dienone is 1. The number of halogens is 3. The Labute approximate surface area is 270 Å². The summed E-state index contributed by atoms with van der Waals surface area (Å²) in [4.78, 5) is 14.6. The van der Waals surface area contributed by atoms with E-state index < -0.39 is 39.4 Å². The van der Waals surface area contributed by atoms with E-state index >= 15 is 13.2 Å². The smallest absolute Gasteiger partial charge is 0.339 e. The van der Waals surface area contributed by atoms with Crippen LogP contribution in [0.1, 0.15) is 90.2 Å². The Balaban J connectivity index is 1.60. The third-order valence-electron chi connectivity index (χ3n) is 10.5. The third kappa shape index (κ3) is 4.02. The van der Waals surface area contributed by atoms with Gasteiger partial charge in [-0.25, -0.2) is 22.5 Å². The second-order valence-corrected chi connectivity index (χ2v) is 14.5. The Morgan fingerprint density at radius 3 is 2.48 bits per heavy atom. The summed E-state index contributed by atoms with van der Waals surface area (Å²) < 4.78 is 57.2. The lowest BCUT2D eigenvalue weighted by molar-refractivity contribution is 0.0689. The van der Waals surface area contributed by atoms with Gasteiger partial charge in [-0.1, -0.05) is 6.08 Å². The van der Waals surface area contributed by atoms with E-state index in [1.54, 1.807) is 0 Å². The number of aromatic carboxylic acids is 1. The molecule has 0 aliphatic carbocycles. The van der Waals surface area contributed by atoms with E-state index in [1.165, 1.54) is 6.26 Å². The molecular formula is C37H36F3N2O3S+. The predicted molar refractivity (Wildman–Crippen MR) is 175 cm³/mol. The first-order chi connectivity index (χ1) is 22.0. The van der Waals surface area contributed by atoms with Crippen LogP contribution in [0.4, 0.5) is 18.9 Å². The van der Waals surface area contributed by atoms with Crippen molar-refractivity contribution >= 4 is 34.6 Å². The SMILES string of the molecule is CSc1c(F)c(F)c(C(=O)O)c(C2=c3cc4c5c(c3Oc3c2cc2c6c3CCCN6C(C)(C)C=C2C)CCC[N+]=5CCCC4)c1F. The van der Waals surface area contributed by atoms with Gasteiger partial charge in [0.1, 0.15) is 36.0 Å². The summed E-state index contributed by atoms with van der Waals surface area (Å²) in [5, 5.41) is 12.1. The highest BCUT2D eigenvalue weighted by Crippen LogP contribution is 2.53. The molecule has 46 heavy (non-hydrogen) atoms. The van der Waals surface area contributed by atoms with Crippen LogP contribution in [0.25, 0.3) is 11.1 Å². The van der Waals surface area contributed by atoms with Gasteiger partial charge in [0.15, 0.2) is 11.6 Å². The van der Waals surface area contributed by atoms with E-state index in [9.17, 15) is 9.90 Å². The number of nitrogens with zero attached hydrogens (tertiary/aromatic N) is 2. The average molecular weight is 646 g/mol. The zero-order chi connectivity index (χ0) is 32.2. The van der Waals surface area contributed by atoms with Gasteiger partial charge >= 0.3 is 5.97 Å². The number of rotatable bonds is 3. The number of hydrogen-bond acceptors (Lipinski definition) is 4. The molecule has 0 bridgehead atoms. The number of carboxylic acids is 1. The van der Waals surface area contributed by atoms with Crippen molar-refractivity contribution in [2.24, 2.45) is 0 Å². The van der Waals surface area contributed by atoms with Crippen LogP contribution in [0.3, 0.4) is 0 Å². The number of fused-ring (bicyclic) bond motifs is 4. The lowest BCUT2D eigenvalue weighted by atomic mass is 9.79. The normalized spacial score (nSPS) is 18.9. The first-order valence-electron chi connectivity index (χ1n) is 16.2. The highest BCUT2D eigenvalue weighted by atomic mass is 32.2. The van der Waals surface area contributed by atoms with E-state index in [0.29, 0.717) is 22.3 Å². The summed E-state index contributed by atoms with van der Waals surface area (Å²) in [5.41, 5.74) is 5.34. The molecule has 0 radical (unpaired) electrons. The Morgan fingerprint density at radius 2 is 1.72 bits per heavy atom. The fourth-order valence-corrected chi connectivity index (χ4v) is 9.25. The lowest BCUT2D eigenvalue weighted by Gasteiger charge is -2.47. The van der Waals surface area contributed by atoms with Crippen molar-refractivity contribution in [2.75, 3.05) is 30.8 Å². The largest absolute Gasteiger partial charge is 0.478 e. The number of carboxylic acid groups (broad SMARTS) is 1. The number of carbonyl (C=O) groups is 1. The number of benzene rings is 3. The molecule has 5 nitrogen and oxygen atoms in total. The van der Waals surface area contributed by atoms with Crippen molar-refractivity contribution in [2.45, 2.75) is 76.2 Å². The van der Waals surface area contributed by atoms with Gasteiger partial charge in [0.25, 0.3) is 0 Å². The monoisotopic (exact) mass is 645 g/mol. The van der Waals surface area contributed by atoms with E-state index in [-0.39, 0.29) is 11.1 Å². The van der Waals surface area contributed by atoms with Gasteiger partial charge in [0.2, 0.25) is 5.36 Å². The van der Waals surface area contributed by atoms with Crippen LogP contribution >= 0.6 is 11.8 Å². The fourth-order valence-electron chi connectivity index (χ4n) is 8.70. The van der Waals surface area contributed by atoms with Crippen molar-refractivity contribution in [1.82, 2.24) is 4.58 Å². The summed E-state index contributed by atoms with van der Waals surface area (Å²) in [6.07, 6.45) is 9.82. The summed E-state index contributed by atoms with van der Waals surface area (Å²) in [6, 6.07) is 3.96.